The first kappa shape index (κ1) is 27.7. The molecule has 1 heterocycles. The molecule has 3 amide bonds. The van der Waals surface area contributed by atoms with Gasteiger partial charge in [-0.15, -0.1) is 0 Å². The molecule has 1 saturated heterocycles. The number of para-hydroxylation sites is 1. The molecule has 1 fully saturated rings. The minimum Gasteiger partial charge on any atom is -0.490 e. The van der Waals surface area contributed by atoms with Crippen LogP contribution in [0.2, 0.25) is 0 Å². The van der Waals surface area contributed by atoms with E-state index < -0.39 is 0 Å². The number of anilines is 1. The van der Waals surface area contributed by atoms with E-state index in [9.17, 15) is 14.4 Å². The summed E-state index contributed by atoms with van der Waals surface area (Å²) in [7, 11) is 0. The minimum absolute atomic E-state index is 0.188. The topological polar surface area (TPSA) is 84.9 Å². The second-order valence-corrected chi connectivity index (χ2v) is 10.5. The number of nitrogens with zero attached hydrogens (tertiary/aromatic N) is 1. The summed E-state index contributed by atoms with van der Waals surface area (Å²) in [4.78, 5) is 39.5. The minimum atomic E-state index is -0.293. The average Bonchev–Trinajstić information content (AvgIpc) is 3.17. The molecule has 3 aromatic carbocycles. The van der Waals surface area contributed by atoms with E-state index in [2.05, 4.69) is 27.9 Å². The van der Waals surface area contributed by atoms with Crippen LogP contribution in [0.4, 0.5) is 10.5 Å². The summed E-state index contributed by atoms with van der Waals surface area (Å²) in [6.45, 7) is 2.43. The molecule has 38 heavy (non-hydrogen) atoms. The Morgan fingerprint density at radius 3 is 2.45 bits per heavy atom. The maximum absolute atomic E-state index is 13.0. The highest BCUT2D eigenvalue weighted by Gasteiger charge is 2.34. The molecule has 0 spiro atoms. The van der Waals surface area contributed by atoms with Gasteiger partial charge in [-0.05, 0) is 95.6 Å². The molecule has 0 saturated carbocycles. The van der Waals surface area contributed by atoms with Gasteiger partial charge in [0.15, 0.2) is 18.1 Å². The lowest BCUT2D eigenvalue weighted by atomic mass is 10.1. The molecule has 3 aromatic rings. The number of halogens is 1. The maximum atomic E-state index is 13.0. The van der Waals surface area contributed by atoms with Crippen molar-refractivity contribution in [1.29, 1.82) is 0 Å². The third-order valence-corrected chi connectivity index (χ3v) is 7.31. The van der Waals surface area contributed by atoms with Gasteiger partial charge in [-0.2, -0.15) is 0 Å². The maximum Gasteiger partial charge on any atom is 0.293 e. The normalized spacial score (nSPS) is 14.2. The van der Waals surface area contributed by atoms with E-state index in [0.717, 1.165) is 21.8 Å². The van der Waals surface area contributed by atoms with E-state index in [1.54, 1.807) is 24.3 Å². The largest absolute Gasteiger partial charge is 0.490 e. The van der Waals surface area contributed by atoms with Crippen LogP contribution in [0.3, 0.4) is 0 Å². The van der Waals surface area contributed by atoms with Gasteiger partial charge in [0.05, 0.1) is 15.1 Å². The van der Waals surface area contributed by atoms with Gasteiger partial charge in [0, 0.05) is 12.2 Å². The fraction of sp³-hybridized carbons (Fsp3) is 0.207. The van der Waals surface area contributed by atoms with Crippen LogP contribution in [-0.4, -0.2) is 41.7 Å². The number of hydrogen-bond donors (Lipinski definition) is 1. The number of carbonyl (C=O) groups is 3. The fourth-order valence-electron chi connectivity index (χ4n) is 3.86. The Morgan fingerprint density at radius 2 is 1.74 bits per heavy atom. The lowest BCUT2D eigenvalue weighted by molar-refractivity contribution is -0.122. The third kappa shape index (κ3) is 7.38. The van der Waals surface area contributed by atoms with E-state index in [4.69, 9.17) is 9.47 Å². The number of amides is 3. The quantitative estimate of drug-likeness (QED) is 0.193. The van der Waals surface area contributed by atoms with Crippen LogP contribution in [0.25, 0.3) is 6.08 Å². The molecule has 7 nitrogen and oxygen atoms in total. The number of rotatable bonds is 11. The zero-order valence-corrected chi connectivity index (χ0v) is 23.8. The molecule has 1 aliphatic heterocycles. The Bertz CT molecular complexity index is 1330. The van der Waals surface area contributed by atoms with Crippen molar-refractivity contribution in [1.82, 2.24) is 4.90 Å². The number of hydrogen-bond acceptors (Lipinski definition) is 6. The van der Waals surface area contributed by atoms with Gasteiger partial charge in [0.1, 0.15) is 0 Å². The summed E-state index contributed by atoms with van der Waals surface area (Å²) >= 11 is 3.05. The first-order valence-electron chi connectivity index (χ1n) is 12.2. The van der Waals surface area contributed by atoms with Crippen LogP contribution >= 0.6 is 34.4 Å². The van der Waals surface area contributed by atoms with Gasteiger partial charge < -0.3 is 14.8 Å². The van der Waals surface area contributed by atoms with E-state index in [1.807, 2.05) is 61.5 Å². The number of thioether (sulfide) groups is 1. The summed E-state index contributed by atoms with van der Waals surface area (Å²) in [5, 5.41) is 2.52. The third-order valence-electron chi connectivity index (χ3n) is 5.60. The number of nitrogens with one attached hydrogen (secondary N) is 1. The molecule has 0 atom stereocenters. The van der Waals surface area contributed by atoms with Crippen molar-refractivity contribution < 1.29 is 23.9 Å². The number of ether oxygens (including phenoxy) is 2. The van der Waals surface area contributed by atoms with E-state index in [-0.39, 0.29) is 23.7 Å². The van der Waals surface area contributed by atoms with E-state index in [1.165, 1.54) is 10.5 Å². The zero-order valence-electron chi connectivity index (χ0n) is 20.8. The SMILES string of the molecule is CCOc1cc(/C=C2/SC(=O)N(CCCc3ccccc3)C2=O)cc(I)c1OCC(=O)Nc1ccccc1. The van der Waals surface area contributed by atoms with Crippen LogP contribution in [0.15, 0.2) is 77.7 Å². The monoisotopic (exact) mass is 642 g/mol. The summed E-state index contributed by atoms with van der Waals surface area (Å²) in [6.07, 6.45) is 3.19. The number of carbonyl (C=O) groups excluding carboxylic acids is 3. The van der Waals surface area contributed by atoms with Crippen LogP contribution in [-0.2, 0) is 16.0 Å². The summed E-state index contributed by atoms with van der Waals surface area (Å²) in [5.74, 6) is 0.320. The van der Waals surface area contributed by atoms with E-state index in [0.29, 0.717) is 47.2 Å². The molecule has 1 aliphatic rings. The molecule has 0 unspecified atom stereocenters. The first-order chi connectivity index (χ1) is 18.4. The summed E-state index contributed by atoms with van der Waals surface area (Å²) in [5.41, 5.74) is 2.56. The summed E-state index contributed by atoms with van der Waals surface area (Å²) < 4.78 is 12.3. The van der Waals surface area contributed by atoms with Crippen LogP contribution in [0.5, 0.6) is 11.5 Å². The standard InChI is InChI=1S/C29H27IN2O5S/c1-2-36-24-17-21(16-23(30)27(24)37-19-26(33)31-22-13-7-4-8-14-22)18-25-28(34)32(29(35)38-25)15-9-12-20-10-5-3-6-11-20/h3-8,10-11,13-14,16-18H,2,9,12,15,19H2,1H3,(H,31,33)/b25-18+. The predicted octanol–water partition coefficient (Wildman–Crippen LogP) is 6.38. The van der Waals surface area contributed by atoms with Crippen molar-refractivity contribution in [2.24, 2.45) is 0 Å². The highest BCUT2D eigenvalue weighted by molar-refractivity contribution is 14.1. The molecule has 4 rings (SSSR count). The Balaban J connectivity index is 1.42. The molecular weight excluding hydrogens is 615 g/mol. The molecule has 0 aliphatic carbocycles. The molecule has 0 aromatic heterocycles. The average molecular weight is 643 g/mol. The van der Waals surface area contributed by atoms with Crippen molar-refractivity contribution in [3.63, 3.8) is 0 Å². The molecule has 9 heteroatoms. The van der Waals surface area contributed by atoms with Crippen molar-refractivity contribution in [3.8, 4) is 11.5 Å². The van der Waals surface area contributed by atoms with Gasteiger partial charge in [0.2, 0.25) is 0 Å². The lowest BCUT2D eigenvalue weighted by Gasteiger charge is -2.15. The highest BCUT2D eigenvalue weighted by atomic mass is 127. The number of aryl methyl sites for hydroxylation is 1. The van der Waals surface area contributed by atoms with Crippen LogP contribution < -0.4 is 14.8 Å². The van der Waals surface area contributed by atoms with Gasteiger partial charge in [-0.25, -0.2) is 0 Å². The van der Waals surface area contributed by atoms with Crippen molar-refractivity contribution in [2.45, 2.75) is 19.8 Å². The second-order valence-electron chi connectivity index (χ2n) is 8.39. The van der Waals surface area contributed by atoms with Gasteiger partial charge in [-0.3, -0.25) is 19.3 Å². The number of imide groups is 1. The predicted molar refractivity (Wildman–Crippen MR) is 158 cm³/mol. The first-order valence-corrected chi connectivity index (χ1v) is 14.1. The zero-order chi connectivity index (χ0) is 26.9. The van der Waals surface area contributed by atoms with Crippen LogP contribution in [0.1, 0.15) is 24.5 Å². The van der Waals surface area contributed by atoms with E-state index >= 15 is 0 Å². The van der Waals surface area contributed by atoms with Gasteiger partial charge in [-0.1, -0.05) is 48.5 Å². The Labute approximate surface area is 239 Å². The second kappa shape index (κ2) is 13.5. The molecule has 0 bridgehead atoms. The molecule has 0 radical (unpaired) electrons. The molecule has 196 valence electrons. The lowest BCUT2D eigenvalue weighted by Crippen LogP contribution is -2.29. The molecular formula is C29H27IN2O5S. The summed E-state index contributed by atoms with van der Waals surface area (Å²) in [6, 6.07) is 22.7. The smallest absolute Gasteiger partial charge is 0.293 e. The van der Waals surface area contributed by atoms with Crippen molar-refractivity contribution in [3.05, 3.63) is 92.4 Å². The van der Waals surface area contributed by atoms with Gasteiger partial charge in [0.25, 0.3) is 17.1 Å². The van der Waals surface area contributed by atoms with Crippen molar-refractivity contribution >= 4 is 63.2 Å². The van der Waals surface area contributed by atoms with Crippen LogP contribution in [0, 0.1) is 3.57 Å². The molecule has 1 N–H and O–H groups in total. The highest BCUT2D eigenvalue weighted by Crippen LogP contribution is 2.37. The van der Waals surface area contributed by atoms with Gasteiger partial charge >= 0.3 is 0 Å². The Morgan fingerprint density at radius 1 is 1.03 bits per heavy atom. The number of benzene rings is 3. The Hall–Kier alpha value is -3.31. The Kier molecular flexibility index (Phi) is 9.83. The fourth-order valence-corrected chi connectivity index (χ4v) is 5.51. The van der Waals surface area contributed by atoms with Crippen molar-refractivity contribution in [2.75, 3.05) is 25.1 Å².